The van der Waals surface area contributed by atoms with E-state index < -0.39 is 0 Å². The monoisotopic (exact) mass is 247 g/mol. The summed E-state index contributed by atoms with van der Waals surface area (Å²) in [5.41, 5.74) is 4.02. The maximum absolute atomic E-state index is 5.39. The molecule has 0 amide bonds. The molecule has 1 aromatic rings. The maximum Gasteiger partial charge on any atom is 0.122 e. The van der Waals surface area contributed by atoms with Gasteiger partial charge in [0.05, 0.1) is 7.11 Å². The van der Waals surface area contributed by atoms with Gasteiger partial charge in [0.25, 0.3) is 0 Å². The van der Waals surface area contributed by atoms with Crippen molar-refractivity contribution in [2.75, 3.05) is 13.7 Å². The van der Waals surface area contributed by atoms with Crippen LogP contribution in [0.1, 0.15) is 48.9 Å². The number of piperidine rings is 1. The summed E-state index contributed by atoms with van der Waals surface area (Å²) < 4.78 is 5.39. The lowest BCUT2D eigenvalue weighted by Crippen LogP contribution is -2.32. The number of ether oxygens (including phenoxy) is 1. The number of rotatable bonds is 3. The third-order valence-corrected chi connectivity index (χ3v) is 4.25. The summed E-state index contributed by atoms with van der Waals surface area (Å²) in [6, 6.07) is 4.99. The molecule has 0 aromatic heterocycles. The van der Waals surface area contributed by atoms with Crippen LogP contribution in [0, 0.1) is 19.8 Å². The van der Waals surface area contributed by atoms with Gasteiger partial charge < -0.3 is 10.1 Å². The summed E-state index contributed by atoms with van der Waals surface area (Å²) in [6.45, 7) is 7.77. The van der Waals surface area contributed by atoms with Gasteiger partial charge in [-0.1, -0.05) is 19.4 Å². The largest absolute Gasteiger partial charge is 0.496 e. The first-order valence-electron chi connectivity index (χ1n) is 7.04. The minimum absolute atomic E-state index is 0.522. The number of nitrogens with one attached hydrogen (secondary N) is 1. The molecule has 1 fully saturated rings. The topological polar surface area (TPSA) is 21.3 Å². The first kappa shape index (κ1) is 13.4. The SMILES string of the molecule is CCC1CCNC(c2cc(C)c(OC)cc2C)C1. The lowest BCUT2D eigenvalue weighted by molar-refractivity contribution is 0.298. The molecule has 1 aliphatic heterocycles. The van der Waals surface area contributed by atoms with Gasteiger partial charge >= 0.3 is 0 Å². The molecule has 18 heavy (non-hydrogen) atoms. The Morgan fingerprint density at radius 2 is 2.06 bits per heavy atom. The van der Waals surface area contributed by atoms with E-state index in [-0.39, 0.29) is 0 Å². The van der Waals surface area contributed by atoms with E-state index in [1.54, 1.807) is 7.11 Å². The minimum Gasteiger partial charge on any atom is -0.496 e. The Bertz CT molecular complexity index is 414. The van der Waals surface area contributed by atoms with Crippen LogP contribution < -0.4 is 10.1 Å². The highest BCUT2D eigenvalue weighted by molar-refractivity contribution is 5.43. The van der Waals surface area contributed by atoms with Gasteiger partial charge in [-0.05, 0) is 61.9 Å². The molecule has 1 heterocycles. The Labute approximate surface area is 111 Å². The quantitative estimate of drug-likeness (QED) is 0.878. The molecule has 0 spiro atoms. The van der Waals surface area contributed by atoms with Crippen molar-refractivity contribution < 1.29 is 4.74 Å². The molecule has 1 N–H and O–H groups in total. The summed E-state index contributed by atoms with van der Waals surface area (Å²) in [4.78, 5) is 0. The van der Waals surface area contributed by atoms with Crippen molar-refractivity contribution in [3.05, 3.63) is 28.8 Å². The normalized spacial score (nSPS) is 24.0. The zero-order valence-electron chi connectivity index (χ0n) is 12.0. The minimum atomic E-state index is 0.522. The van der Waals surface area contributed by atoms with Crippen molar-refractivity contribution in [2.24, 2.45) is 5.92 Å². The lowest BCUT2D eigenvalue weighted by Gasteiger charge is -2.31. The third-order valence-electron chi connectivity index (χ3n) is 4.25. The van der Waals surface area contributed by atoms with E-state index in [2.05, 4.69) is 38.2 Å². The van der Waals surface area contributed by atoms with E-state index >= 15 is 0 Å². The number of aryl methyl sites for hydroxylation is 2. The zero-order valence-corrected chi connectivity index (χ0v) is 12.0. The van der Waals surface area contributed by atoms with E-state index in [1.807, 2.05) is 0 Å². The van der Waals surface area contributed by atoms with E-state index in [9.17, 15) is 0 Å². The molecule has 1 saturated heterocycles. The number of hydrogen-bond donors (Lipinski definition) is 1. The van der Waals surface area contributed by atoms with E-state index in [4.69, 9.17) is 4.74 Å². The van der Waals surface area contributed by atoms with Gasteiger partial charge in [0.2, 0.25) is 0 Å². The second-order valence-electron chi connectivity index (χ2n) is 5.48. The lowest BCUT2D eigenvalue weighted by atomic mass is 9.85. The van der Waals surface area contributed by atoms with E-state index in [0.717, 1.165) is 18.2 Å². The molecule has 2 atom stereocenters. The maximum atomic E-state index is 5.39. The molecular formula is C16H25NO. The number of methoxy groups -OCH3 is 1. The Balaban J connectivity index is 2.24. The predicted octanol–water partition coefficient (Wildman–Crippen LogP) is 3.76. The van der Waals surface area contributed by atoms with Crippen molar-refractivity contribution in [1.82, 2.24) is 5.32 Å². The molecule has 0 bridgehead atoms. The molecule has 1 aliphatic rings. The molecule has 0 saturated carbocycles. The van der Waals surface area contributed by atoms with Crippen LogP contribution in [-0.2, 0) is 0 Å². The smallest absolute Gasteiger partial charge is 0.122 e. The molecule has 2 unspecified atom stereocenters. The van der Waals surface area contributed by atoms with Gasteiger partial charge in [-0.15, -0.1) is 0 Å². The van der Waals surface area contributed by atoms with Gasteiger partial charge in [0.1, 0.15) is 5.75 Å². The average Bonchev–Trinajstić information content (AvgIpc) is 2.41. The molecule has 1 aromatic carbocycles. The molecule has 0 radical (unpaired) electrons. The van der Waals surface area contributed by atoms with E-state index in [0.29, 0.717) is 6.04 Å². The second kappa shape index (κ2) is 5.75. The van der Waals surface area contributed by atoms with Gasteiger partial charge in [-0.3, -0.25) is 0 Å². The molecule has 2 heteroatoms. The second-order valence-corrected chi connectivity index (χ2v) is 5.48. The van der Waals surface area contributed by atoms with Crippen LogP contribution in [0.2, 0.25) is 0 Å². The fourth-order valence-corrected chi connectivity index (χ4v) is 3.01. The van der Waals surface area contributed by atoms with E-state index in [1.165, 1.54) is 36.0 Å². The first-order chi connectivity index (χ1) is 8.65. The molecular weight excluding hydrogens is 222 g/mol. The standard InChI is InChI=1S/C16H25NO/c1-5-13-6-7-17-15(10-13)14-8-12(3)16(18-4)9-11(14)2/h8-9,13,15,17H,5-7,10H2,1-4H3. The van der Waals surface area contributed by atoms with Crippen LogP contribution in [0.3, 0.4) is 0 Å². The van der Waals surface area contributed by atoms with Crippen LogP contribution in [0.15, 0.2) is 12.1 Å². The summed E-state index contributed by atoms with van der Waals surface area (Å²) >= 11 is 0. The summed E-state index contributed by atoms with van der Waals surface area (Å²) in [5, 5.41) is 3.66. The molecule has 0 aliphatic carbocycles. The highest BCUT2D eigenvalue weighted by atomic mass is 16.5. The van der Waals surface area contributed by atoms with Crippen LogP contribution in [0.4, 0.5) is 0 Å². The van der Waals surface area contributed by atoms with Gasteiger partial charge in [-0.2, -0.15) is 0 Å². The highest BCUT2D eigenvalue weighted by Crippen LogP contribution is 2.33. The predicted molar refractivity (Wildman–Crippen MR) is 76.2 cm³/mol. The van der Waals surface area contributed by atoms with Crippen molar-refractivity contribution in [2.45, 2.75) is 46.1 Å². The van der Waals surface area contributed by atoms with Gasteiger partial charge in [-0.25, -0.2) is 0 Å². The fourth-order valence-electron chi connectivity index (χ4n) is 3.01. The number of benzene rings is 1. The van der Waals surface area contributed by atoms with Gasteiger partial charge in [0, 0.05) is 6.04 Å². The van der Waals surface area contributed by atoms with Crippen molar-refractivity contribution in [3.63, 3.8) is 0 Å². The summed E-state index contributed by atoms with van der Waals surface area (Å²) in [5.74, 6) is 1.87. The third kappa shape index (κ3) is 2.69. The van der Waals surface area contributed by atoms with Gasteiger partial charge in [0.15, 0.2) is 0 Å². The van der Waals surface area contributed by atoms with Crippen LogP contribution in [0.5, 0.6) is 5.75 Å². The first-order valence-corrected chi connectivity index (χ1v) is 7.04. The Hall–Kier alpha value is -1.02. The molecule has 2 nitrogen and oxygen atoms in total. The van der Waals surface area contributed by atoms with Crippen molar-refractivity contribution in [3.8, 4) is 5.75 Å². The molecule has 2 rings (SSSR count). The van der Waals surface area contributed by atoms with Crippen LogP contribution >= 0.6 is 0 Å². The average molecular weight is 247 g/mol. The zero-order chi connectivity index (χ0) is 13.1. The van der Waals surface area contributed by atoms with Crippen LogP contribution in [0.25, 0.3) is 0 Å². The van der Waals surface area contributed by atoms with Crippen molar-refractivity contribution >= 4 is 0 Å². The Morgan fingerprint density at radius 1 is 1.28 bits per heavy atom. The number of hydrogen-bond acceptors (Lipinski definition) is 2. The Morgan fingerprint density at radius 3 is 2.72 bits per heavy atom. The van der Waals surface area contributed by atoms with Crippen molar-refractivity contribution in [1.29, 1.82) is 0 Å². The van der Waals surface area contributed by atoms with Crippen LogP contribution in [-0.4, -0.2) is 13.7 Å². The summed E-state index contributed by atoms with van der Waals surface area (Å²) in [7, 11) is 1.74. The fraction of sp³-hybridized carbons (Fsp3) is 0.625. The molecule has 100 valence electrons. The summed E-state index contributed by atoms with van der Waals surface area (Å²) in [6.07, 6.45) is 3.89. The Kier molecular flexibility index (Phi) is 4.28. The highest BCUT2D eigenvalue weighted by Gasteiger charge is 2.23.